The third-order valence-electron chi connectivity index (χ3n) is 3.69. The summed E-state index contributed by atoms with van der Waals surface area (Å²) in [5, 5.41) is 2.62. The first kappa shape index (κ1) is 20.6. The van der Waals surface area contributed by atoms with E-state index in [1.54, 1.807) is 12.1 Å². The Bertz CT molecular complexity index is 851. The highest BCUT2D eigenvalue weighted by molar-refractivity contribution is 6.03. The largest absolute Gasteiger partial charge is 0.458 e. The first-order chi connectivity index (χ1) is 13.7. The zero-order valence-electron chi connectivity index (χ0n) is 15.5. The van der Waals surface area contributed by atoms with Gasteiger partial charge in [0.1, 0.15) is 13.2 Å². The van der Waals surface area contributed by atoms with Gasteiger partial charge in [0, 0.05) is 0 Å². The van der Waals surface area contributed by atoms with Crippen molar-refractivity contribution in [3.05, 3.63) is 109 Å². The minimum Gasteiger partial charge on any atom is -0.458 e. The standard InChI is InChI=1S/C14H14O4.C10H8/c1-3-9-17-13(15)11-7-5-6-8-12(11)14(16)18-10-4-2;1-2-6-10-8-4-3-7-9(10)5-1/h3-8H,1-2,9-10H2;1-8H. The van der Waals surface area contributed by atoms with Gasteiger partial charge < -0.3 is 9.47 Å². The lowest BCUT2D eigenvalue weighted by Gasteiger charge is -2.07. The predicted molar refractivity (Wildman–Crippen MR) is 111 cm³/mol. The Morgan fingerprint density at radius 2 is 0.964 bits per heavy atom. The lowest BCUT2D eigenvalue weighted by atomic mass is 10.1. The fourth-order valence-corrected chi connectivity index (χ4v) is 2.40. The van der Waals surface area contributed by atoms with Crippen molar-refractivity contribution < 1.29 is 19.1 Å². The van der Waals surface area contributed by atoms with Crippen molar-refractivity contribution in [3.8, 4) is 0 Å². The van der Waals surface area contributed by atoms with E-state index in [-0.39, 0.29) is 24.3 Å². The Labute approximate surface area is 164 Å². The van der Waals surface area contributed by atoms with Crippen molar-refractivity contribution in [2.24, 2.45) is 0 Å². The van der Waals surface area contributed by atoms with E-state index in [2.05, 4.69) is 61.7 Å². The summed E-state index contributed by atoms with van der Waals surface area (Å²) >= 11 is 0. The minimum absolute atomic E-state index is 0.0921. The van der Waals surface area contributed by atoms with Gasteiger partial charge in [0.05, 0.1) is 11.1 Å². The third-order valence-corrected chi connectivity index (χ3v) is 3.69. The summed E-state index contributed by atoms with van der Waals surface area (Å²) in [6.45, 7) is 7.07. The van der Waals surface area contributed by atoms with Crippen molar-refractivity contribution in [1.29, 1.82) is 0 Å². The van der Waals surface area contributed by atoms with Gasteiger partial charge in [-0.05, 0) is 22.9 Å². The van der Waals surface area contributed by atoms with Crippen molar-refractivity contribution >= 4 is 22.7 Å². The highest BCUT2D eigenvalue weighted by Gasteiger charge is 2.18. The fraction of sp³-hybridized carbons (Fsp3) is 0.0833. The molecule has 3 rings (SSSR count). The molecule has 0 aliphatic rings. The van der Waals surface area contributed by atoms with Gasteiger partial charge in [-0.25, -0.2) is 9.59 Å². The van der Waals surface area contributed by atoms with E-state index < -0.39 is 11.9 Å². The second-order valence-corrected chi connectivity index (χ2v) is 5.67. The molecule has 0 spiro atoms. The molecule has 0 heterocycles. The van der Waals surface area contributed by atoms with Crippen LogP contribution < -0.4 is 0 Å². The zero-order chi connectivity index (χ0) is 20.2. The molecule has 0 atom stereocenters. The number of esters is 2. The molecule has 3 aromatic carbocycles. The molecule has 3 aromatic rings. The Kier molecular flexibility index (Phi) is 8.21. The summed E-state index contributed by atoms with van der Waals surface area (Å²) in [5.41, 5.74) is 0.349. The van der Waals surface area contributed by atoms with Gasteiger partial charge in [-0.2, -0.15) is 0 Å². The van der Waals surface area contributed by atoms with Crippen LogP contribution in [0.4, 0.5) is 0 Å². The van der Waals surface area contributed by atoms with Crippen LogP contribution in [0, 0.1) is 0 Å². The van der Waals surface area contributed by atoms with Gasteiger partial charge in [0.15, 0.2) is 0 Å². The first-order valence-electron chi connectivity index (χ1n) is 8.76. The summed E-state index contributed by atoms with van der Waals surface area (Å²) < 4.78 is 9.78. The molecule has 0 aliphatic carbocycles. The van der Waals surface area contributed by atoms with E-state index in [0.717, 1.165) is 0 Å². The Morgan fingerprint density at radius 3 is 1.29 bits per heavy atom. The Morgan fingerprint density at radius 1 is 0.643 bits per heavy atom. The molecule has 4 heteroatoms. The number of rotatable bonds is 6. The molecule has 0 aliphatic heterocycles. The summed E-state index contributed by atoms with van der Waals surface area (Å²) in [6.07, 6.45) is 2.91. The molecule has 0 saturated heterocycles. The number of hydrogen-bond acceptors (Lipinski definition) is 4. The van der Waals surface area contributed by atoms with Crippen LogP contribution in [0.5, 0.6) is 0 Å². The summed E-state index contributed by atoms with van der Waals surface area (Å²) in [6, 6.07) is 23.0. The van der Waals surface area contributed by atoms with Crippen LogP contribution in [0.3, 0.4) is 0 Å². The van der Waals surface area contributed by atoms with Gasteiger partial charge in [0.25, 0.3) is 0 Å². The van der Waals surface area contributed by atoms with Crippen LogP contribution in [0.2, 0.25) is 0 Å². The molecule has 0 radical (unpaired) electrons. The van der Waals surface area contributed by atoms with Crippen LogP contribution >= 0.6 is 0 Å². The van der Waals surface area contributed by atoms with E-state index in [9.17, 15) is 9.59 Å². The van der Waals surface area contributed by atoms with Gasteiger partial charge in [-0.1, -0.05) is 86.0 Å². The maximum atomic E-state index is 11.7. The maximum Gasteiger partial charge on any atom is 0.339 e. The van der Waals surface area contributed by atoms with Gasteiger partial charge >= 0.3 is 11.9 Å². The molecule has 0 unspecified atom stereocenters. The minimum atomic E-state index is -0.582. The molecular formula is C24H22O4. The highest BCUT2D eigenvalue weighted by Crippen LogP contribution is 2.12. The van der Waals surface area contributed by atoms with E-state index in [1.807, 2.05) is 0 Å². The number of benzene rings is 3. The summed E-state index contributed by atoms with van der Waals surface area (Å²) in [5.74, 6) is -1.16. The van der Waals surface area contributed by atoms with Crippen molar-refractivity contribution in [3.63, 3.8) is 0 Å². The SMILES string of the molecule is C=CCOC(=O)c1ccccc1C(=O)OCC=C.c1ccc2ccccc2c1. The Balaban J connectivity index is 0.000000233. The van der Waals surface area contributed by atoms with Crippen molar-refractivity contribution in [2.75, 3.05) is 13.2 Å². The second-order valence-electron chi connectivity index (χ2n) is 5.67. The molecule has 4 nitrogen and oxygen atoms in total. The monoisotopic (exact) mass is 374 g/mol. The zero-order valence-corrected chi connectivity index (χ0v) is 15.5. The third kappa shape index (κ3) is 5.95. The van der Waals surface area contributed by atoms with E-state index in [4.69, 9.17) is 9.47 Å². The molecule has 0 aromatic heterocycles. The van der Waals surface area contributed by atoms with Crippen molar-refractivity contribution in [1.82, 2.24) is 0 Å². The van der Waals surface area contributed by atoms with Crippen LogP contribution in [0.1, 0.15) is 20.7 Å². The molecule has 0 bridgehead atoms. The van der Waals surface area contributed by atoms with Gasteiger partial charge in [-0.15, -0.1) is 0 Å². The summed E-state index contributed by atoms with van der Waals surface area (Å²) in [4.78, 5) is 23.4. The molecular weight excluding hydrogens is 352 g/mol. The molecule has 0 fully saturated rings. The number of carbonyl (C=O) groups excluding carboxylic acids is 2. The summed E-state index contributed by atoms with van der Waals surface area (Å²) in [7, 11) is 0. The van der Waals surface area contributed by atoms with Gasteiger partial charge in [0.2, 0.25) is 0 Å². The number of fused-ring (bicyclic) bond motifs is 1. The number of carbonyl (C=O) groups is 2. The lowest BCUT2D eigenvalue weighted by Crippen LogP contribution is -2.14. The predicted octanol–water partition coefficient (Wildman–Crippen LogP) is 5.21. The topological polar surface area (TPSA) is 52.6 Å². The van der Waals surface area contributed by atoms with Crippen LogP contribution in [0.25, 0.3) is 10.8 Å². The maximum absolute atomic E-state index is 11.7. The highest BCUT2D eigenvalue weighted by atomic mass is 16.5. The quantitative estimate of drug-likeness (QED) is 0.439. The van der Waals surface area contributed by atoms with Crippen molar-refractivity contribution in [2.45, 2.75) is 0 Å². The first-order valence-corrected chi connectivity index (χ1v) is 8.76. The van der Waals surface area contributed by atoms with E-state index in [1.165, 1.54) is 35.1 Å². The normalized spacial score (nSPS) is 9.57. The molecule has 0 saturated carbocycles. The molecule has 0 amide bonds. The van der Waals surface area contributed by atoms with E-state index in [0.29, 0.717) is 0 Å². The fourth-order valence-electron chi connectivity index (χ4n) is 2.40. The second kappa shape index (κ2) is 11.1. The number of ether oxygens (including phenoxy) is 2. The molecule has 28 heavy (non-hydrogen) atoms. The van der Waals surface area contributed by atoms with Crippen LogP contribution in [-0.2, 0) is 9.47 Å². The van der Waals surface area contributed by atoms with Crippen LogP contribution in [0.15, 0.2) is 98.1 Å². The van der Waals surface area contributed by atoms with Gasteiger partial charge in [-0.3, -0.25) is 0 Å². The lowest BCUT2D eigenvalue weighted by molar-refractivity contribution is 0.0503. The van der Waals surface area contributed by atoms with Crippen LogP contribution in [-0.4, -0.2) is 25.2 Å². The molecule has 0 N–H and O–H groups in total. The average Bonchev–Trinajstić information content (AvgIpc) is 2.76. The Hall–Kier alpha value is -3.66. The smallest absolute Gasteiger partial charge is 0.339 e. The molecule has 142 valence electrons. The van der Waals surface area contributed by atoms with E-state index >= 15 is 0 Å². The number of hydrogen-bond donors (Lipinski definition) is 0. The average molecular weight is 374 g/mol.